The normalized spacial score (nSPS) is 11.5. The number of aromatic nitrogens is 6. The SMILES string of the molecule is CCCCn1c(=O)[nH]c(=O)c2c1nc(CSc1nc3ccc(N=O)cc3[nH]1)n2CC. The zero-order valence-electron chi connectivity index (χ0n) is 16.6. The second-order valence-electron chi connectivity index (χ2n) is 6.83. The van der Waals surface area contributed by atoms with Crippen molar-refractivity contribution in [3.63, 3.8) is 0 Å². The summed E-state index contributed by atoms with van der Waals surface area (Å²) in [7, 11) is 0. The van der Waals surface area contributed by atoms with E-state index in [1.54, 1.807) is 18.2 Å². The maximum Gasteiger partial charge on any atom is 0.330 e. The summed E-state index contributed by atoms with van der Waals surface area (Å²) in [5.74, 6) is 1.15. The highest BCUT2D eigenvalue weighted by Gasteiger charge is 2.18. The number of aromatic amines is 2. The first-order valence-corrected chi connectivity index (χ1v) is 10.7. The Hall–Kier alpha value is -3.21. The molecule has 0 fully saturated rings. The van der Waals surface area contributed by atoms with Crippen LogP contribution in [-0.4, -0.2) is 29.1 Å². The number of rotatable bonds is 8. The van der Waals surface area contributed by atoms with Crippen LogP contribution in [0.3, 0.4) is 0 Å². The average Bonchev–Trinajstić information content (AvgIpc) is 3.32. The number of hydrogen-bond donors (Lipinski definition) is 2. The molecule has 0 saturated heterocycles. The van der Waals surface area contributed by atoms with Gasteiger partial charge in [-0.05, 0) is 36.7 Å². The summed E-state index contributed by atoms with van der Waals surface area (Å²) < 4.78 is 3.37. The third kappa shape index (κ3) is 3.56. The monoisotopic (exact) mass is 427 g/mol. The molecule has 4 rings (SSSR count). The molecule has 0 aliphatic carbocycles. The number of nitroso groups, excluding NO2 is 1. The molecule has 1 aromatic carbocycles. The molecule has 0 radical (unpaired) electrons. The maximum atomic E-state index is 12.5. The van der Waals surface area contributed by atoms with E-state index in [2.05, 4.69) is 25.1 Å². The Morgan fingerprint density at radius 3 is 2.70 bits per heavy atom. The molecule has 0 atom stereocenters. The van der Waals surface area contributed by atoms with E-state index in [4.69, 9.17) is 0 Å². The maximum absolute atomic E-state index is 12.5. The summed E-state index contributed by atoms with van der Waals surface area (Å²) in [4.78, 5) is 50.2. The minimum absolute atomic E-state index is 0.333. The smallest absolute Gasteiger partial charge is 0.330 e. The van der Waals surface area contributed by atoms with Crippen LogP contribution in [0.1, 0.15) is 32.5 Å². The van der Waals surface area contributed by atoms with Gasteiger partial charge in [-0.15, -0.1) is 4.91 Å². The fourth-order valence-electron chi connectivity index (χ4n) is 3.42. The summed E-state index contributed by atoms with van der Waals surface area (Å²) >= 11 is 1.43. The van der Waals surface area contributed by atoms with Crippen LogP contribution in [0.2, 0.25) is 0 Å². The lowest BCUT2D eigenvalue weighted by Crippen LogP contribution is -2.31. The molecule has 156 valence electrons. The molecule has 0 saturated carbocycles. The molecule has 10 nitrogen and oxygen atoms in total. The Balaban J connectivity index is 1.70. The third-order valence-electron chi connectivity index (χ3n) is 4.90. The summed E-state index contributed by atoms with van der Waals surface area (Å²) in [6.07, 6.45) is 1.75. The Morgan fingerprint density at radius 2 is 1.97 bits per heavy atom. The highest BCUT2D eigenvalue weighted by atomic mass is 32.2. The second kappa shape index (κ2) is 8.27. The standard InChI is InChI=1S/C19H21N7O3S/c1-3-5-8-26-16-15(17(27)23-19(26)28)25(4-2)14(22-16)10-30-18-20-12-7-6-11(24-29)9-13(12)21-18/h6-7,9H,3-5,8,10H2,1-2H3,(H,20,21)(H,23,27,28). The molecule has 0 spiro atoms. The van der Waals surface area contributed by atoms with Gasteiger partial charge in [0.15, 0.2) is 16.3 Å². The van der Waals surface area contributed by atoms with Crippen molar-refractivity contribution in [3.05, 3.63) is 49.8 Å². The fourth-order valence-corrected chi connectivity index (χ4v) is 4.26. The quantitative estimate of drug-likeness (QED) is 0.328. The van der Waals surface area contributed by atoms with Gasteiger partial charge in [0.2, 0.25) is 0 Å². The van der Waals surface area contributed by atoms with Gasteiger partial charge in [-0.2, -0.15) is 0 Å². The van der Waals surface area contributed by atoms with Crippen LogP contribution in [0.4, 0.5) is 5.69 Å². The summed E-state index contributed by atoms with van der Waals surface area (Å²) in [5.41, 5.74) is 1.77. The van der Waals surface area contributed by atoms with E-state index in [0.717, 1.165) is 23.9 Å². The first-order chi connectivity index (χ1) is 14.5. The Bertz CT molecular complexity index is 1350. The molecule has 30 heavy (non-hydrogen) atoms. The first kappa shape index (κ1) is 20.1. The Labute approximate surface area is 174 Å². The molecular weight excluding hydrogens is 406 g/mol. The van der Waals surface area contributed by atoms with Crippen molar-refractivity contribution in [2.24, 2.45) is 5.18 Å². The van der Waals surface area contributed by atoms with Gasteiger partial charge in [0.25, 0.3) is 5.56 Å². The van der Waals surface area contributed by atoms with Gasteiger partial charge >= 0.3 is 5.69 Å². The third-order valence-corrected chi connectivity index (χ3v) is 5.77. The molecule has 0 aliphatic rings. The number of fused-ring (bicyclic) bond motifs is 2. The predicted molar refractivity (Wildman–Crippen MR) is 116 cm³/mol. The predicted octanol–water partition coefficient (Wildman–Crippen LogP) is 3.27. The average molecular weight is 427 g/mol. The molecule has 11 heteroatoms. The largest absolute Gasteiger partial charge is 0.333 e. The van der Waals surface area contributed by atoms with Crippen molar-refractivity contribution < 1.29 is 0 Å². The molecule has 0 amide bonds. The molecular formula is C19H21N7O3S. The van der Waals surface area contributed by atoms with Crippen molar-refractivity contribution in [1.82, 2.24) is 29.1 Å². The highest BCUT2D eigenvalue weighted by Crippen LogP contribution is 2.26. The van der Waals surface area contributed by atoms with Crippen molar-refractivity contribution in [2.45, 2.75) is 50.7 Å². The van der Waals surface area contributed by atoms with Gasteiger partial charge in [0, 0.05) is 13.1 Å². The van der Waals surface area contributed by atoms with E-state index < -0.39 is 11.2 Å². The molecule has 3 aromatic heterocycles. The van der Waals surface area contributed by atoms with Crippen molar-refractivity contribution in [3.8, 4) is 0 Å². The lowest BCUT2D eigenvalue weighted by atomic mass is 10.3. The van der Waals surface area contributed by atoms with Crippen LogP contribution in [0, 0.1) is 4.91 Å². The van der Waals surface area contributed by atoms with Gasteiger partial charge < -0.3 is 9.55 Å². The number of unbranched alkanes of at least 4 members (excludes halogenated alkanes) is 1. The molecule has 0 unspecified atom stereocenters. The number of benzene rings is 1. The van der Waals surface area contributed by atoms with E-state index in [1.165, 1.54) is 16.3 Å². The van der Waals surface area contributed by atoms with Crippen LogP contribution in [0.25, 0.3) is 22.2 Å². The number of H-pyrrole nitrogens is 2. The molecule has 2 N–H and O–H groups in total. The first-order valence-electron chi connectivity index (χ1n) is 9.73. The zero-order chi connectivity index (χ0) is 21.3. The lowest BCUT2D eigenvalue weighted by Gasteiger charge is -2.06. The summed E-state index contributed by atoms with van der Waals surface area (Å²) in [6, 6.07) is 5.00. The van der Waals surface area contributed by atoms with Crippen LogP contribution < -0.4 is 11.2 Å². The van der Waals surface area contributed by atoms with E-state index >= 15 is 0 Å². The number of nitrogens with one attached hydrogen (secondary N) is 2. The number of hydrogen-bond acceptors (Lipinski definition) is 7. The Kier molecular flexibility index (Phi) is 5.53. The zero-order valence-corrected chi connectivity index (χ0v) is 17.5. The van der Waals surface area contributed by atoms with Gasteiger partial charge in [0.05, 0.1) is 16.8 Å². The topological polar surface area (TPSA) is 131 Å². The number of thioether (sulfide) groups is 1. The molecule has 0 bridgehead atoms. The van der Waals surface area contributed by atoms with Crippen LogP contribution in [0.5, 0.6) is 0 Å². The summed E-state index contributed by atoms with van der Waals surface area (Å²) in [5, 5.41) is 3.60. The van der Waals surface area contributed by atoms with Gasteiger partial charge in [-0.25, -0.2) is 14.8 Å². The van der Waals surface area contributed by atoms with Gasteiger partial charge in [-0.1, -0.05) is 25.1 Å². The number of aryl methyl sites for hydroxylation is 2. The minimum Gasteiger partial charge on any atom is -0.333 e. The van der Waals surface area contributed by atoms with Gasteiger partial charge in [0.1, 0.15) is 11.5 Å². The van der Waals surface area contributed by atoms with Crippen molar-refractivity contribution in [2.75, 3.05) is 0 Å². The molecule has 0 aliphatic heterocycles. The minimum atomic E-state index is -0.433. The van der Waals surface area contributed by atoms with Crippen LogP contribution >= 0.6 is 11.8 Å². The van der Waals surface area contributed by atoms with E-state index in [9.17, 15) is 14.5 Å². The van der Waals surface area contributed by atoms with Gasteiger partial charge in [-0.3, -0.25) is 14.3 Å². The van der Waals surface area contributed by atoms with E-state index in [0.29, 0.717) is 46.7 Å². The Morgan fingerprint density at radius 1 is 1.13 bits per heavy atom. The number of nitrogens with zero attached hydrogens (tertiary/aromatic N) is 5. The fraction of sp³-hybridized carbons (Fsp3) is 0.368. The lowest BCUT2D eigenvalue weighted by molar-refractivity contribution is 0.613. The number of imidazole rings is 2. The summed E-state index contributed by atoms with van der Waals surface area (Å²) in [6.45, 7) is 5.04. The van der Waals surface area contributed by atoms with E-state index in [-0.39, 0.29) is 0 Å². The molecule has 4 aromatic rings. The van der Waals surface area contributed by atoms with Crippen LogP contribution in [0.15, 0.2) is 38.1 Å². The van der Waals surface area contributed by atoms with E-state index in [1.807, 2.05) is 18.4 Å². The van der Waals surface area contributed by atoms with Crippen molar-refractivity contribution in [1.29, 1.82) is 0 Å². The van der Waals surface area contributed by atoms with Crippen molar-refractivity contribution >= 4 is 39.6 Å². The van der Waals surface area contributed by atoms with Crippen LogP contribution in [-0.2, 0) is 18.8 Å². The second-order valence-corrected chi connectivity index (χ2v) is 7.80. The highest BCUT2D eigenvalue weighted by molar-refractivity contribution is 7.98. The molecule has 3 heterocycles.